The van der Waals surface area contributed by atoms with E-state index in [9.17, 15) is 14.7 Å². The molecule has 1 fully saturated rings. The summed E-state index contributed by atoms with van der Waals surface area (Å²) in [6.07, 6.45) is 2.55. The minimum atomic E-state index is -0.971. The van der Waals surface area contributed by atoms with Crippen molar-refractivity contribution >= 4 is 12.1 Å². The van der Waals surface area contributed by atoms with Crippen molar-refractivity contribution in [2.45, 2.75) is 45.6 Å². The summed E-state index contributed by atoms with van der Waals surface area (Å²) in [5.74, 6) is 0.744. The van der Waals surface area contributed by atoms with Gasteiger partial charge in [0.2, 0.25) is 0 Å². The number of benzene rings is 2. The fourth-order valence-corrected chi connectivity index (χ4v) is 3.64. The molecule has 1 N–H and O–H groups in total. The Kier molecular flexibility index (Phi) is 9.13. The van der Waals surface area contributed by atoms with Crippen molar-refractivity contribution in [2.24, 2.45) is 5.92 Å². The Bertz CT molecular complexity index is 892. The highest BCUT2D eigenvalue weighted by Crippen LogP contribution is 2.27. The molecule has 1 aliphatic rings. The van der Waals surface area contributed by atoms with Crippen molar-refractivity contribution in [1.29, 1.82) is 0 Å². The molecule has 0 spiro atoms. The van der Waals surface area contributed by atoms with Gasteiger partial charge in [0.05, 0.1) is 6.54 Å². The smallest absolute Gasteiger partial charge is 0.415 e. The summed E-state index contributed by atoms with van der Waals surface area (Å²) in [5.41, 5.74) is 1.97. The molecule has 3 rings (SSSR count). The quantitative estimate of drug-likeness (QED) is 0.499. The van der Waals surface area contributed by atoms with Crippen LogP contribution in [0.15, 0.2) is 48.5 Å². The molecule has 7 nitrogen and oxygen atoms in total. The summed E-state index contributed by atoms with van der Waals surface area (Å²) in [4.78, 5) is 25.7. The molecule has 0 radical (unpaired) electrons. The molecule has 0 heterocycles. The second-order valence-electron chi connectivity index (χ2n) is 8.40. The topological polar surface area (TPSA) is 85.3 Å². The zero-order chi connectivity index (χ0) is 23.6. The first kappa shape index (κ1) is 24.6. The van der Waals surface area contributed by atoms with Crippen molar-refractivity contribution in [3.63, 3.8) is 0 Å². The van der Waals surface area contributed by atoms with Crippen molar-refractivity contribution in [3.8, 4) is 11.5 Å². The maximum atomic E-state index is 12.8. The van der Waals surface area contributed by atoms with E-state index in [-0.39, 0.29) is 6.09 Å². The average molecular weight is 456 g/mol. The fraction of sp³-hybridized carbons (Fsp3) is 0.462. The lowest BCUT2D eigenvalue weighted by Crippen LogP contribution is -2.41. The number of carboxylic acid groups (broad SMARTS) is 1. The van der Waals surface area contributed by atoms with Crippen LogP contribution in [0.25, 0.3) is 0 Å². The fourth-order valence-electron chi connectivity index (χ4n) is 3.64. The van der Waals surface area contributed by atoms with Crippen LogP contribution in [-0.2, 0) is 16.0 Å². The number of amides is 1. The molecule has 0 aliphatic heterocycles. The molecule has 0 saturated heterocycles. The van der Waals surface area contributed by atoms with Crippen LogP contribution in [0, 0.1) is 12.8 Å². The number of ether oxygens (including phenoxy) is 3. The van der Waals surface area contributed by atoms with Crippen LogP contribution in [0.4, 0.5) is 4.79 Å². The predicted molar refractivity (Wildman–Crippen MR) is 125 cm³/mol. The standard InChI is InChI=1S/C26H33NO6/c1-3-31-24(25(28)29)17-20-9-13-22(14-10-20)32-16-15-27(18-21-5-4-6-21)26(30)33-23-11-7-19(2)8-12-23/h7-14,21,24H,3-6,15-18H2,1-2H3,(H,28,29). The van der Waals surface area contributed by atoms with Gasteiger partial charge in [0.25, 0.3) is 0 Å². The average Bonchev–Trinajstić information content (AvgIpc) is 2.77. The van der Waals surface area contributed by atoms with E-state index in [0.717, 1.165) is 24.0 Å². The monoisotopic (exact) mass is 455 g/mol. The number of rotatable bonds is 12. The van der Waals surface area contributed by atoms with E-state index >= 15 is 0 Å². The Labute approximate surface area is 195 Å². The summed E-state index contributed by atoms with van der Waals surface area (Å²) < 4.78 is 16.7. The molecule has 2 aromatic rings. The van der Waals surface area contributed by atoms with Gasteiger partial charge in [-0.25, -0.2) is 9.59 Å². The lowest BCUT2D eigenvalue weighted by molar-refractivity contribution is -0.149. The SMILES string of the molecule is CCOC(Cc1ccc(OCCN(CC2CCC2)C(=O)Oc2ccc(C)cc2)cc1)C(=O)O. The summed E-state index contributed by atoms with van der Waals surface area (Å²) >= 11 is 0. The van der Waals surface area contributed by atoms with E-state index in [1.54, 1.807) is 36.1 Å². The Morgan fingerprint density at radius 2 is 1.73 bits per heavy atom. The molecular weight excluding hydrogens is 422 g/mol. The second-order valence-corrected chi connectivity index (χ2v) is 8.40. The van der Waals surface area contributed by atoms with Crippen LogP contribution in [0.1, 0.15) is 37.3 Å². The van der Waals surface area contributed by atoms with E-state index in [4.69, 9.17) is 14.2 Å². The first-order valence-electron chi connectivity index (χ1n) is 11.5. The highest BCUT2D eigenvalue weighted by molar-refractivity contribution is 5.72. The number of carbonyl (C=O) groups is 2. The number of hydrogen-bond donors (Lipinski definition) is 1. The molecule has 33 heavy (non-hydrogen) atoms. The molecule has 2 aromatic carbocycles. The van der Waals surface area contributed by atoms with Gasteiger partial charge in [0.15, 0.2) is 6.10 Å². The Hall–Kier alpha value is -3.06. The van der Waals surface area contributed by atoms with Crippen molar-refractivity contribution in [1.82, 2.24) is 4.90 Å². The van der Waals surface area contributed by atoms with Gasteiger partial charge in [-0.05, 0) is 62.4 Å². The van der Waals surface area contributed by atoms with Crippen LogP contribution < -0.4 is 9.47 Å². The minimum Gasteiger partial charge on any atom is -0.492 e. The Morgan fingerprint density at radius 3 is 2.30 bits per heavy atom. The number of carboxylic acids is 1. The summed E-state index contributed by atoms with van der Waals surface area (Å²) in [6.45, 7) is 5.54. The lowest BCUT2D eigenvalue weighted by Gasteiger charge is -2.31. The second kappa shape index (κ2) is 12.3. The molecule has 0 bridgehead atoms. The van der Waals surface area contributed by atoms with Crippen LogP contribution in [0.2, 0.25) is 0 Å². The molecule has 178 valence electrons. The van der Waals surface area contributed by atoms with Gasteiger partial charge in [0, 0.05) is 19.6 Å². The third-order valence-electron chi connectivity index (χ3n) is 5.81. The summed E-state index contributed by atoms with van der Waals surface area (Å²) in [6, 6.07) is 14.7. The van der Waals surface area contributed by atoms with Gasteiger partial charge in [-0.3, -0.25) is 0 Å². The third kappa shape index (κ3) is 7.79. The largest absolute Gasteiger partial charge is 0.492 e. The zero-order valence-electron chi connectivity index (χ0n) is 19.4. The molecular formula is C26H33NO6. The summed E-state index contributed by atoms with van der Waals surface area (Å²) in [5, 5.41) is 9.23. The minimum absolute atomic E-state index is 0.295. The first-order valence-corrected chi connectivity index (χ1v) is 11.5. The first-order chi connectivity index (χ1) is 15.9. The van der Waals surface area contributed by atoms with Crippen LogP contribution in [-0.4, -0.2) is 54.5 Å². The normalized spacial score (nSPS) is 14.2. The predicted octanol–water partition coefficient (Wildman–Crippen LogP) is 4.71. The van der Waals surface area contributed by atoms with Crippen molar-refractivity contribution in [2.75, 3.05) is 26.3 Å². The molecule has 1 amide bonds. The van der Waals surface area contributed by atoms with Crippen molar-refractivity contribution in [3.05, 3.63) is 59.7 Å². The molecule has 0 aromatic heterocycles. The summed E-state index contributed by atoms with van der Waals surface area (Å²) in [7, 11) is 0. The molecule has 1 atom stereocenters. The van der Waals surface area contributed by atoms with E-state index in [1.165, 1.54) is 6.42 Å². The van der Waals surface area contributed by atoms with E-state index < -0.39 is 12.1 Å². The van der Waals surface area contributed by atoms with Crippen LogP contribution >= 0.6 is 0 Å². The maximum absolute atomic E-state index is 12.8. The molecule has 1 saturated carbocycles. The number of aryl methyl sites for hydroxylation is 1. The van der Waals surface area contributed by atoms with E-state index in [0.29, 0.717) is 50.1 Å². The Morgan fingerprint density at radius 1 is 1.06 bits per heavy atom. The van der Waals surface area contributed by atoms with Crippen LogP contribution in [0.5, 0.6) is 11.5 Å². The van der Waals surface area contributed by atoms with Gasteiger partial charge in [-0.15, -0.1) is 0 Å². The number of hydrogen-bond acceptors (Lipinski definition) is 5. The van der Waals surface area contributed by atoms with Crippen molar-refractivity contribution < 1.29 is 28.9 Å². The highest BCUT2D eigenvalue weighted by Gasteiger charge is 2.25. The third-order valence-corrected chi connectivity index (χ3v) is 5.81. The maximum Gasteiger partial charge on any atom is 0.415 e. The highest BCUT2D eigenvalue weighted by atomic mass is 16.6. The van der Waals surface area contributed by atoms with Gasteiger partial charge >= 0.3 is 12.1 Å². The molecule has 7 heteroatoms. The molecule has 1 unspecified atom stereocenters. The van der Waals surface area contributed by atoms with Gasteiger partial charge in [-0.1, -0.05) is 36.2 Å². The number of aliphatic carboxylic acids is 1. The van der Waals surface area contributed by atoms with Gasteiger partial charge < -0.3 is 24.2 Å². The number of carbonyl (C=O) groups excluding carboxylic acids is 1. The van der Waals surface area contributed by atoms with E-state index in [2.05, 4.69) is 0 Å². The number of nitrogens with zero attached hydrogens (tertiary/aromatic N) is 1. The zero-order valence-corrected chi connectivity index (χ0v) is 19.4. The lowest BCUT2D eigenvalue weighted by atomic mass is 9.85. The van der Waals surface area contributed by atoms with Gasteiger partial charge in [0.1, 0.15) is 18.1 Å². The molecule has 1 aliphatic carbocycles. The van der Waals surface area contributed by atoms with Gasteiger partial charge in [-0.2, -0.15) is 0 Å². The van der Waals surface area contributed by atoms with Crippen LogP contribution in [0.3, 0.4) is 0 Å². The van der Waals surface area contributed by atoms with E-state index in [1.807, 2.05) is 31.2 Å². The Balaban J connectivity index is 1.51.